The van der Waals surface area contributed by atoms with Crippen LogP contribution in [0.3, 0.4) is 0 Å². The number of carbonyl (C=O) groups is 2. The predicted molar refractivity (Wildman–Crippen MR) is 118 cm³/mol. The van der Waals surface area contributed by atoms with E-state index in [1.165, 1.54) is 9.34 Å². The van der Waals surface area contributed by atoms with Crippen molar-refractivity contribution < 1.29 is 14.2 Å². The highest BCUT2D eigenvalue weighted by molar-refractivity contribution is 7.59. The lowest BCUT2D eigenvalue weighted by Crippen LogP contribution is -2.34. The summed E-state index contributed by atoms with van der Waals surface area (Å²) in [5.41, 5.74) is 2.85. The standard InChI is InChI=1S/C22H22N3O3PS/c26-20-7-3-13-24(20)29(28,25-14-4-8-21(25)27)15-16-9-11-17(12-10-16)22-23-18-5-1-2-6-19(18)30-22/h1-2,5-6,9-12H,3-4,7-8,13-15H2. The van der Waals surface area contributed by atoms with E-state index in [4.69, 9.17) is 4.98 Å². The SMILES string of the molecule is O=C1CCCN1P(=O)(Cc1ccc(-c2nc3ccccc3s2)cc1)N1CCCC1=O. The smallest absolute Gasteiger partial charge is 0.271 e. The zero-order valence-electron chi connectivity index (χ0n) is 16.5. The van der Waals surface area contributed by atoms with Crippen molar-refractivity contribution >= 4 is 40.8 Å². The molecule has 1 aromatic heterocycles. The van der Waals surface area contributed by atoms with Crippen LogP contribution in [0.5, 0.6) is 0 Å². The van der Waals surface area contributed by atoms with Crippen LogP contribution in [-0.2, 0) is 20.3 Å². The van der Waals surface area contributed by atoms with Gasteiger partial charge in [-0.05, 0) is 30.5 Å². The summed E-state index contributed by atoms with van der Waals surface area (Å²) in [7, 11) is -3.30. The fourth-order valence-electron chi connectivity index (χ4n) is 4.22. The summed E-state index contributed by atoms with van der Waals surface area (Å²) in [5.74, 6) is -0.215. The minimum atomic E-state index is -3.30. The van der Waals surface area contributed by atoms with Crippen LogP contribution in [0.1, 0.15) is 31.2 Å². The molecule has 0 bridgehead atoms. The maximum Gasteiger partial charge on any atom is 0.271 e. The number of fused-ring (bicyclic) bond motifs is 1. The normalized spacial score (nSPS) is 17.5. The molecule has 2 aliphatic rings. The number of carbonyl (C=O) groups excluding carboxylic acids is 2. The summed E-state index contributed by atoms with van der Waals surface area (Å²) in [4.78, 5) is 29.5. The third-order valence-electron chi connectivity index (χ3n) is 5.73. The van der Waals surface area contributed by atoms with Crippen LogP contribution in [0.4, 0.5) is 0 Å². The summed E-state index contributed by atoms with van der Waals surface area (Å²) in [6.07, 6.45) is 2.40. The first kappa shape index (κ1) is 19.5. The molecule has 0 radical (unpaired) electrons. The number of para-hydroxylation sites is 1. The van der Waals surface area contributed by atoms with E-state index >= 15 is 0 Å². The number of hydrogen-bond donors (Lipinski definition) is 0. The van der Waals surface area contributed by atoms with E-state index in [1.54, 1.807) is 11.3 Å². The molecule has 3 heterocycles. The number of amides is 2. The monoisotopic (exact) mass is 439 g/mol. The van der Waals surface area contributed by atoms with E-state index in [2.05, 4.69) is 6.07 Å². The van der Waals surface area contributed by atoms with Gasteiger partial charge in [-0.1, -0.05) is 36.4 Å². The van der Waals surface area contributed by atoms with Crippen molar-refractivity contribution in [2.75, 3.05) is 13.1 Å². The van der Waals surface area contributed by atoms with E-state index in [0.29, 0.717) is 38.8 Å². The topological polar surface area (TPSA) is 70.6 Å². The van der Waals surface area contributed by atoms with E-state index in [-0.39, 0.29) is 18.0 Å². The van der Waals surface area contributed by atoms with Crippen molar-refractivity contribution in [2.24, 2.45) is 0 Å². The zero-order valence-corrected chi connectivity index (χ0v) is 18.2. The third-order valence-corrected chi connectivity index (χ3v) is 9.95. The van der Waals surface area contributed by atoms with Crippen molar-refractivity contribution in [1.29, 1.82) is 0 Å². The van der Waals surface area contributed by atoms with E-state index in [0.717, 1.165) is 26.4 Å². The van der Waals surface area contributed by atoms with Crippen LogP contribution in [0.25, 0.3) is 20.8 Å². The molecule has 2 aliphatic heterocycles. The summed E-state index contributed by atoms with van der Waals surface area (Å²) in [6.45, 7) is 0.924. The van der Waals surface area contributed by atoms with Gasteiger partial charge in [0.2, 0.25) is 11.8 Å². The molecule has 0 aliphatic carbocycles. The Kier molecular flexibility index (Phi) is 4.95. The van der Waals surface area contributed by atoms with Crippen LogP contribution in [0, 0.1) is 0 Å². The van der Waals surface area contributed by atoms with Crippen molar-refractivity contribution in [1.82, 2.24) is 14.3 Å². The Hall–Kier alpha value is -2.50. The highest BCUT2D eigenvalue weighted by atomic mass is 32.1. The molecule has 5 rings (SSSR count). The summed E-state index contributed by atoms with van der Waals surface area (Å²) in [6, 6.07) is 15.9. The lowest BCUT2D eigenvalue weighted by Gasteiger charge is -2.35. The molecule has 8 heteroatoms. The molecule has 0 unspecified atom stereocenters. The first-order valence-electron chi connectivity index (χ1n) is 10.2. The second-order valence-electron chi connectivity index (χ2n) is 7.75. The van der Waals surface area contributed by atoms with E-state index in [9.17, 15) is 14.2 Å². The van der Waals surface area contributed by atoms with Gasteiger partial charge in [0, 0.05) is 31.5 Å². The first-order chi connectivity index (χ1) is 14.5. The van der Waals surface area contributed by atoms with Gasteiger partial charge in [0.25, 0.3) is 7.44 Å². The van der Waals surface area contributed by atoms with Crippen molar-refractivity contribution in [2.45, 2.75) is 31.8 Å². The average Bonchev–Trinajstić information content (AvgIpc) is 3.47. The molecular formula is C22H22N3O3PS. The van der Waals surface area contributed by atoms with Gasteiger partial charge in [0.1, 0.15) is 5.01 Å². The number of rotatable bonds is 5. The molecule has 154 valence electrons. The van der Waals surface area contributed by atoms with Gasteiger partial charge in [-0.3, -0.25) is 23.5 Å². The Labute approximate surface area is 179 Å². The van der Waals surface area contributed by atoms with Crippen LogP contribution < -0.4 is 0 Å². The number of benzene rings is 2. The maximum absolute atomic E-state index is 14.1. The fraction of sp³-hybridized carbons (Fsp3) is 0.318. The molecule has 2 fully saturated rings. The molecular weight excluding hydrogens is 417 g/mol. The Balaban J connectivity index is 1.44. The largest absolute Gasteiger partial charge is 0.277 e. The van der Waals surface area contributed by atoms with Crippen molar-refractivity contribution in [3.8, 4) is 10.6 Å². The summed E-state index contributed by atoms with van der Waals surface area (Å²) < 4.78 is 18.2. The zero-order chi connectivity index (χ0) is 20.7. The lowest BCUT2D eigenvalue weighted by molar-refractivity contribution is -0.125. The van der Waals surface area contributed by atoms with Gasteiger partial charge in [0.05, 0.1) is 16.4 Å². The van der Waals surface area contributed by atoms with Gasteiger partial charge < -0.3 is 0 Å². The van der Waals surface area contributed by atoms with Crippen LogP contribution in [0.15, 0.2) is 48.5 Å². The molecule has 0 N–H and O–H groups in total. The highest BCUT2D eigenvalue weighted by Gasteiger charge is 2.45. The van der Waals surface area contributed by atoms with Gasteiger partial charge >= 0.3 is 0 Å². The van der Waals surface area contributed by atoms with E-state index < -0.39 is 7.44 Å². The highest BCUT2D eigenvalue weighted by Crippen LogP contribution is 2.59. The number of thiazole rings is 1. The maximum atomic E-state index is 14.1. The summed E-state index contributed by atoms with van der Waals surface area (Å²) in [5, 5.41) is 0.940. The quantitative estimate of drug-likeness (QED) is 0.530. The molecule has 30 heavy (non-hydrogen) atoms. The first-order valence-corrected chi connectivity index (χ1v) is 12.8. The molecule has 2 amide bonds. The number of hydrogen-bond acceptors (Lipinski definition) is 5. The van der Waals surface area contributed by atoms with Crippen LogP contribution in [0.2, 0.25) is 0 Å². The predicted octanol–water partition coefficient (Wildman–Crippen LogP) is 4.90. The van der Waals surface area contributed by atoms with Gasteiger partial charge in [0.15, 0.2) is 0 Å². The molecule has 3 aromatic rings. The molecule has 2 saturated heterocycles. The Morgan fingerprint density at radius 2 is 1.53 bits per heavy atom. The molecule has 0 saturated carbocycles. The Bertz CT molecular complexity index is 1110. The number of nitrogens with zero attached hydrogens (tertiary/aromatic N) is 3. The lowest BCUT2D eigenvalue weighted by atomic mass is 10.2. The van der Waals surface area contributed by atoms with Crippen LogP contribution in [-0.4, -0.2) is 39.2 Å². The van der Waals surface area contributed by atoms with Crippen molar-refractivity contribution in [3.63, 3.8) is 0 Å². The minimum absolute atomic E-state index is 0.107. The van der Waals surface area contributed by atoms with E-state index in [1.807, 2.05) is 42.5 Å². The molecule has 0 spiro atoms. The van der Waals surface area contributed by atoms with Gasteiger partial charge in [-0.25, -0.2) is 4.98 Å². The Morgan fingerprint density at radius 3 is 2.10 bits per heavy atom. The van der Waals surface area contributed by atoms with Gasteiger partial charge in [-0.15, -0.1) is 11.3 Å². The molecule has 6 nitrogen and oxygen atoms in total. The summed E-state index contributed by atoms with van der Waals surface area (Å²) >= 11 is 1.64. The average molecular weight is 439 g/mol. The van der Waals surface area contributed by atoms with Crippen molar-refractivity contribution in [3.05, 3.63) is 54.1 Å². The minimum Gasteiger partial charge on any atom is -0.277 e. The number of aromatic nitrogens is 1. The molecule has 0 atom stereocenters. The van der Waals surface area contributed by atoms with Gasteiger partial charge in [-0.2, -0.15) is 0 Å². The third kappa shape index (κ3) is 3.36. The molecule has 2 aromatic carbocycles. The Morgan fingerprint density at radius 1 is 0.900 bits per heavy atom. The fourth-order valence-corrected chi connectivity index (χ4v) is 8.28. The second kappa shape index (κ2) is 7.64. The van der Waals surface area contributed by atoms with Crippen LogP contribution >= 0.6 is 18.8 Å². The second-order valence-corrected chi connectivity index (χ2v) is 11.4.